The van der Waals surface area contributed by atoms with Crippen molar-refractivity contribution >= 4 is 5.97 Å². The van der Waals surface area contributed by atoms with Crippen molar-refractivity contribution in [1.82, 2.24) is 4.90 Å². The Kier molecular flexibility index (Phi) is 5.40. The molecule has 1 aromatic carbocycles. The summed E-state index contributed by atoms with van der Waals surface area (Å²) in [7, 11) is 0. The second-order valence-electron chi connectivity index (χ2n) is 6.41. The molecule has 0 radical (unpaired) electrons. The Morgan fingerprint density at radius 1 is 1.24 bits per heavy atom. The van der Waals surface area contributed by atoms with Crippen LogP contribution >= 0.6 is 0 Å². The summed E-state index contributed by atoms with van der Waals surface area (Å²) in [6.07, 6.45) is 3.70. The van der Waals surface area contributed by atoms with Gasteiger partial charge in [0, 0.05) is 18.6 Å². The second kappa shape index (κ2) is 7.08. The largest absolute Gasteiger partial charge is 0.458 e. The quantitative estimate of drug-likeness (QED) is 0.790. The Labute approximate surface area is 128 Å². The number of piperidine rings is 1. The molecule has 0 amide bonds. The van der Waals surface area contributed by atoms with Crippen LogP contribution in [0.2, 0.25) is 0 Å². The highest BCUT2D eigenvalue weighted by Gasteiger charge is 2.26. The van der Waals surface area contributed by atoms with Gasteiger partial charge in [0.25, 0.3) is 0 Å². The summed E-state index contributed by atoms with van der Waals surface area (Å²) in [6, 6.07) is 8.70. The summed E-state index contributed by atoms with van der Waals surface area (Å²) in [5.41, 5.74) is 1.78. The van der Waals surface area contributed by atoms with E-state index in [0.29, 0.717) is 17.6 Å². The lowest BCUT2D eigenvalue weighted by molar-refractivity contribution is 0.00812. The van der Waals surface area contributed by atoms with E-state index < -0.39 is 0 Å². The highest BCUT2D eigenvalue weighted by Crippen LogP contribution is 2.23. The fourth-order valence-electron chi connectivity index (χ4n) is 3.11. The molecular formula is C18H27NO2. The summed E-state index contributed by atoms with van der Waals surface area (Å²) in [5, 5.41) is 0. The Hall–Kier alpha value is -1.35. The number of nitrogens with zero attached hydrogens (tertiary/aromatic N) is 1. The van der Waals surface area contributed by atoms with Gasteiger partial charge in [-0.15, -0.1) is 0 Å². The first-order chi connectivity index (χ1) is 9.97. The van der Waals surface area contributed by atoms with Crippen molar-refractivity contribution in [1.29, 1.82) is 0 Å². The molecule has 0 unspecified atom stereocenters. The zero-order chi connectivity index (χ0) is 15.4. The number of carbonyl (C=O) groups excluding carboxylic acids is 1. The van der Waals surface area contributed by atoms with Crippen LogP contribution in [0.25, 0.3) is 0 Å². The molecule has 0 saturated carbocycles. The van der Waals surface area contributed by atoms with Gasteiger partial charge >= 0.3 is 5.97 Å². The van der Waals surface area contributed by atoms with Crippen LogP contribution in [0.1, 0.15) is 56.0 Å². The molecule has 116 valence electrons. The Bertz CT molecular complexity index is 459. The van der Waals surface area contributed by atoms with Crippen molar-refractivity contribution in [2.24, 2.45) is 0 Å². The first kappa shape index (κ1) is 16.0. The minimum Gasteiger partial charge on any atom is -0.458 e. The van der Waals surface area contributed by atoms with Gasteiger partial charge in [0.2, 0.25) is 0 Å². The van der Waals surface area contributed by atoms with Gasteiger partial charge in [-0.2, -0.15) is 0 Å². The molecule has 3 nitrogen and oxygen atoms in total. The zero-order valence-electron chi connectivity index (χ0n) is 13.6. The predicted molar refractivity (Wildman–Crippen MR) is 85.5 cm³/mol. The molecule has 1 aliphatic heterocycles. The average molecular weight is 289 g/mol. The molecule has 1 saturated heterocycles. The molecule has 3 atom stereocenters. The molecule has 0 spiro atoms. The van der Waals surface area contributed by atoms with E-state index in [0.717, 1.165) is 12.1 Å². The first-order valence-electron chi connectivity index (χ1n) is 8.00. The molecule has 3 heteroatoms. The van der Waals surface area contributed by atoms with Crippen LogP contribution in [0.15, 0.2) is 24.3 Å². The number of likely N-dealkylation sites (tertiary alicyclic amines) is 1. The lowest BCUT2D eigenvalue weighted by Gasteiger charge is -2.40. The number of rotatable bonds is 4. The van der Waals surface area contributed by atoms with Gasteiger partial charge in [0.05, 0.1) is 5.56 Å². The minimum absolute atomic E-state index is 0.0817. The highest BCUT2D eigenvalue weighted by molar-refractivity contribution is 5.89. The third kappa shape index (κ3) is 4.31. The zero-order valence-corrected chi connectivity index (χ0v) is 13.6. The molecule has 21 heavy (non-hydrogen) atoms. The van der Waals surface area contributed by atoms with Gasteiger partial charge in [-0.25, -0.2) is 4.79 Å². The molecule has 0 aliphatic carbocycles. The smallest absolute Gasteiger partial charge is 0.338 e. The topological polar surface area (TPSA) is 29.5 Å². The maximum atomic E-state index is 12.1. The molecule has 2 rings (SSSR count). The van der Waals surface area contributed by atoms with Crippen LogP contribution in [-0.2, 0) is 4.74 Å². The SMILES string of the molecule is Cc1ccc(C(=O)O[C@H](C)CN2[C@H](C)CCC[C@@H]2C)cc1. The number of aryl methyl sites for hydroxylation is 1. The van der Waals surface area contributed by atoms with E-state index in [-0.39, 0.29) is 12.1 Å². The van der Waals surface area contributed by atoms with Gasteiger partial charge in [-0.1, -0.05) is 24.1 Å². The molecule has 1 fully saturated rings. The molecular weight excluding hydrogens is 262 g/mol. The van der Waals surface area contributed by atoms with E-state index in [9.17, 15) is 4.79 Å². The number of hydrogen-bond acceptors (Lipinski definition) is 3. The third-order valence-electron chi connectivity index (χ3n) is 4.44. The number of esters is 1. The second-order valence-corrected chi connectivity index (χ2v) is 6.41. The van der Waals surface area contributed by atoms with E-state index in [1.807, 2.05) is 38.1 Å². The molecule has 0 bridgehead atoms. The fourth-order valence-corrected chi connectivity index (χ4v) is 3.11. The lowest BCUT2D eigenvalue weighted by Crippen LogP contribution is -2.47. The summed E-state index contributed by atoms with van der Waals surface area (Å²) >= 11 is 0. The molecule has 1 aromatic rings. The summed E-state index contributed by atoms with van der Waals surface area (Å²) in [6.45, 7) is 9.35. The lowest BCUT2D eigenvalue weighted by atomic mass is 9.97. The van der Waals surface area contributed by atoms with E-state index >= 15 is 0 Å². The molecule has 0 aromatic heterocycles. The van der Waals surface area contributed by atoms with E-state index in [4.69, 9.17) is 4.74 Å². The van der Waals surface area contributed by atoms with Gasteiger partial charge in [-0.3, -0.25) is 4.90 Å². The van der Waals surface area contributed by atoms with Crippen LogP contribution in [-0.4, -0.2) is 35.6 Å². The van der Waals surface area contributed by atoms with Crippen molar-refractivity contribution in [3.8, 4) is 0 Å². The summed E-state index contributed by atoms with van der Waals surface area (Å²) in [4.78, 5) is 14.6. The Morgan fingerprint density at radius 3 is 2.38 bits per heavy atom. The molecule has 0 N–H and O–H groups in total. The Morgan fingerprint density at radius 2 is 1.81 bits per heavy atom. The number of hydrogen-bond donors (Lipinski definition) is 0. The highest BCUT2D eigenvalue weighted by atomic mass is 16.5. The van der Waals surface area contributed by atoms with Crippen LogP contribution in [0.5, 0.6) is 0 Å². The van der Waals surface area contributed by atoms with Gasteiger partial charge < -0.3 is 4.74 Å². The van der Waals surface area contributed by atoms with Crippen LogP contribution in [0, 0.1) is 6.92 Å². The maximum absolute atomic E-state index is 12.1. The summed E-state index contributed by atoms with van der Waals surface area (Å²) in [5.74, 6) is -0.222. The summed E-state index contributed by atoms with van der Waals surface area (Å²) < 4.78 is 5.60. The average Bonchev–Trinajstić information content (AvgIpc) is 2.43. The van der Waals surface area contributed by atoms with Gasteiger partial charge in [0.1, 0.15) is 6.10 Å². The van der Waals surface area contributed by atoms with Crippen LogP contribution in [0.4, 0.5) is 0 Å². The number of ether oxygens (including phenoxy) is 1. The maximum Gasteiger partial charge on any atom is 0.338 e. The number of carbonyl (C=O) groups is 1. The molecule has 1 aliphatic rings. The van der Waals surface area contributed by atoms with Crippen LogP contribution in [0.3, 0.4) is 0 Å². The van der Waals surface area contributed by atoms with E-state index in [1.165, 1.54) is 19.3 Å². The number of benzene rings is 1. The van der Waals surface area contributed by atoms with Gasteiger partial charge in [0.15, 0.2) is 0 Å². The third-order valence-corrected chi connectivity index (χ3v) is 4.44. The fraction of sp³-hybridized carbons (Fsp3) is 0.611. The van der Waals surface area contributed by atoms with Crippen molar-refractivity contribution < 1.29 is 9.53 Å². The monoisotopic (exact) mass is 289 g/mol. The van der Waals surface area contributed by atoms with Crippen molar-refractivity contribution in [2.45, 2.75) is 65.1 Å². The normalized spacial score (nSPS) is 24.6. The standard InChI is InChI=1S/C18H27NO2/c1-13-8-10-17(11-9-13)18(20)21-16(4)12-19-14(2)6-5-7-15(19)3/h8-11,14-16H,5-7,12H2,1-4H3/t14-,15+,16-/m1/s1. The minimum atomic E-state index is -0.222. The van der Waals surface area contributed by atoms with Gasteiger partial charge in [-0.05, 0) is 52.7 Å². The first-order valence-corrected chi connectivity index (χ1v) is 8.00. The van der Waals surface area contributed by atoms with Crippen molar-refractivity contribution in [3.05, 3.63) is 35.4 Å². The van der Waals surface area contributed by atoms with Crippen molar-refractivity contribution in [2.75, 3.05) is 6.54 Å². The van der Waals surface area contributed by atoms with E-state index in [2.05, 4.69) is 18.7 Å². The Balaban J connectivity index is 1.90. The van der Waals surface area contributed by atoms with Crippen LogP contribution < -0.4 is 0 Å². The van der Waals surface area contributed by atoms with E-state index in [1.54, 1.807) is 0 Å². The van der Waals surface area contributed by atoms with Crippen molar-refractivity contribution in [3.63, 3.8) is 0 Å². The molecule has 1 heterocycles. The predicted octanol–water partition coefficient (Wildman–Crippen LogP) is 3.80.